The van der Waals surface area contributed by atoms with Crippen molar-refractivity contribution < 1.29 is 13.5 Å². The van der Waals surface area contributed by atoms with Gasteiger partial charge in [-0.2, -0.15) is 0 Å². The monoisotopic (exact) mass is 550 g/mol. The number of nitrogens with one attached hydrogen (secondary N) is 2. The van der Waals surface area contributed by atoms with Crippen LogP contribution in [0.5, 0.6) is 0 Å². The number of sulfonamides is 1. The quantitative estimate of drug-likeness (QED) is 0.275. The molecule has 2 heterocycles. The number of nitrogens with zero attached hydrogens (tertiary/aromatic N) is 2. The molecule has 11 heteroatoms. The van der Waals surface area contributed by atoms with E-state index in [1.54, 1.807) is 23.4 Å². The Hall–Kier alpha value is -0.140. The molecular formula is C16H28ClIN4O3S2. The molecule has 1 aliphatic rings. The summed E-state index contributed by atoms with van der Waals surface area (Å²) in [5, 5.41) is 16.7. The van der Waals surface area contributed by atoms with E-state index in [-0.39, 0.29) is 42.3 Å². The maximum Gasteiger partial charge on any atom is 0.213 e. The Morgan fingerprint density at radius 3 is 2.59 bits per heavy atom. The van der Waals surface area contributed by atoms with Crippen LogP contribution in [0.15, 0.2) is 17.1 Å². The van der Waals surface area contributed by atoms with Crippen LogP contribution in [0.3, 0.4) is 0 Å². The number of aliphatic imine (C=N–C) groups is 1. The number of guanidine groups is 1. The summed E-state index contributed by atoms with van der Waals surface area (Å²) in [7, 11) is -3.12. The van der Waals surface area contributed by atoms with Gasteiger partial charge in [-0.1, -0.05) is 11.6 Å². The van der Waals surface area contributed by atoms with Gasteiger partial charge in [0.1, 0.15) is 6.10 Å². The molecule has 1 aromatic rings. The van der Waals surface area contributed by atoms with E-state index < -0.39 is 16.1 Å². The zero-order chi connectivity index (χ0) is 19.2. The lowest BCUT2D eigenvalue weighted by atomic mass is 10.1. The van der Waals surface area contributed by atoms with E-state index in [1.807, 2.05) is 6.92 Å². The van der Waals surface area contributed by atoms with Gasteiger partial charge >= 0.3 is 0 Å². The maximum atomic E-state index is 11.9. The fourth-order valence-electron chi connectivity index (χ4n) is 2.75. The number of hydrogen-bond donors (Lipinski definition) is 3. The van der Waals surface area contributed by atoms with Gasteiger partial charge in [-0.25, -0.2) is 12.7 Å². The van der Waals surface area contributed by atoms with Crippen molar-refractivity contribution in [1.29, 1.82) is 0 Å². The SMILES string of the molecule is CCNC(=NCC(O)c1ccc(Cl)s1)NC1CCN(S(=O)(=O)CC)CC1.I. The first kappa shape index (κ1) is 24.9. The van der Waals surface area contributed by atoms with Crippen molar-refractivity contribution in [2.24, 2.45) is 4.99 Å². The minimum atomic E-state index is -3.12. The fourth-order valence-corrected chi connectivity index (χ4v) is 4.92. The van der Waals surface area contributed by atoms with Crippen LogP contribution in [0.1, 0.15) is 37.7 Å². The molecule has 0 saturated carbocycles. The molecule has 2 rings (SSSR count). The standard InChI is InChI=1S/C16H27ClN4O3S2.HI/c1-3-18-16(19-11-13(22)14-5-6-15(17)25-14)20-12-7-9-21(10-8-12)26(23,24)4-2;/h5-6,12-13,22H,3-4,7-11H2,1-2H3,(H2,18,19,20);1H. The Morgan fingerprint density at radius 1 is 1.41 bits per heavy atom. The second-order valence-corrected chi connectivity index (χ2v) is 10.1. The summed E-state index contributed by atoms with van der Waals surface area (Å²) in [5.74, 6) is 0.769. The molecule has 1 atom stereocenters. The molecule has 0 spiro atoms. The van der Waals surface area contributed by atoms with Gasteiger partial charge in [-0.15, -0.1) is 35.3 Å². The third-order valence-electron chi connectivity index (χ3n) is 4.24. The Balaban J connectivity index is 0.00000364. The van der Waals surface area contributed by atoms with E-state index in [4.69, 9.17) is 11.6 Å². The fraction of sp³-hybridized carbons (Fsp3) is 0.688. The van der Waals surface area contributed by atoms with E-state index in [1.165, 1.54) is 11.3 Å². The van der Waals surface area contributed by atoms with Crippen molar-refractivity contribution in [1.82, 2.24) is 14.9 Å². The van der Waals surface area contributed by atoms with Crippen molar-refractivity contribution in [3.8, 4) is 0 Å². The highest BCUT2D eigenvalue weighted by Gasteiger charge is 2.27. The predicted octanol–water partition coefficient (Wildman–Crippen LogP) is 2.42. The van der Waals surface area contributed by atoms with Crippen LogP contribution in [0.4, 0.5) is 0 Å². The summed E-state index contributed by atoms with van der Waals surface area (Å²) in [6, 6.07) is 3.72. The zero-order valence-corrected chi connectivity index (χ0v) is 20.2. The molecule has 0 radical (unpaired) electrons. The van der Waals surface area contributed by atoms with Crippen molar-refractivity contribution in [3.05, 3.63) is 21.3 Å². The summed E-state index contributed by atoms with van der Waals surface area (Å²) < 4.78 is 26.1. The van der Waals surface area contributed by atoms with Gasteiger partial charge in [0.05, 0.1) is 16.6 Å². The highest BCUT2D eigenvalue weighted by Crippen LogP contribution is 2.26. The van der Waals surface area contributed by atoms with Gasteiger partial charge in [0, 0.05) is 30.6 Å². The van der Waals surface area contributed by atoms with E-state index in [0.29, 0.717) is 29.9 Å². The number of halogens is 2. The van der Waals surface area contributed by atoms with E-state index >= 15 is 0 Å². The van der Waals surface area contributed by atoms with Crippen LogP contribution < -0.4 is 10.6 Å². The van der Waals surface area contributed by atoms with Gasteiger partial charge in [0.2, 0.25) is 10.0 Å². The first-order chi connectivity index (χ1) is 12.4. The predicted molar refractivity (Wildman–Crippen MR) is 123 cm³/mol. The first-order valence-corrected chi connectivity index (χ1v) is 11.6. The zero-order valence-electron chi connectivity index (χ0n) is 15.5. The molecule has 0 aliphatic carbocycles. The van der Waals surface area contributed by atoms with Gasteiger partial charge in [-0.3, -0.25) is 4.99 Å². The molecule has 0 bridgehead atoms. The minimum absolute atomic E-state index is 0. The van der Waals surface area contributed by atoms with Crippen LogP contribution in [-0.2, 0) is 10.0 Å². The number of aliphatic hydroxyl groups excluding tert-OH is 1. The third kappa shape index (κ3) is 7.65. The molecule has 3 N–H and O–H groups in total. The number of thiophene rings is 1. The van der Waals surface area contributed by atoms with Crippen molar-refractivity contribution in [2.75, 3.05) is 31.9 Å². The van der Waals surface area contributed by atoms with E-state index in [0.717, 1.165) is 17.7 Å². The average molecular weight is 551 g/mol. The molecule has 1 unspecified atom stereocenters. The lowest BCUT2D eigenvalue weighted by Gasteiger charge is -2.32. The van der Waals surface area contributed by atoms with Gasteiger partial charge in [0.25, 0.3) is 0 Å². The van der Waals surface area contributed by atoms with Crippen LogP contribution >= 0.6 is 46.9 Å². The smallest absolute Gasteiger partial charge is 0.213 e. The molecule has 1 saturated heterocycles. The molecule has 1 aromatic heterocycles. The molecule has 27 heavy (non-hydrogen) atoms. The van der Waals surface area contributed by atoms with Crippen molar-refractivity contribution in [2.45, 2.75) is 38.8 Å². The van der Waals surface area contributed by atoms with E-state index in [9.17, 15) is 13.5 Å². The molecular weight excluding hydrogens is 523 g/mol. The first-order valence-electron chi connectivity index (χ1n) is 8.81. The summed E-state index contributed by atoms with van der Waals surface area (Å²) in [6.07, 6.45) is 0.763. The Morgan fingerprint density at radius 2 is 2.07 bits per heavy atom. The largest absolute Gasteiger partial charge is 0.386 e. The Bertz CT molecular complexity index is 706. The second kappa shape index (κ2) is 11.8. The van der Waals surface area contributed by atoms with Crippen LogP contribution in [0, 0.1) is 0 Å². The Labute approximate surface area is 187 Å². The molecule has 1 fully saturated rings. The summed E-state index contributed by atoms with van der Waals surface area (Å²) in [6.45, 7) is 5.61. The number of rotatable bonds is 7. The molecule has 156 valence electrons. The van der Waals surface area contributed by atoms with Crippen LogP contribution in [0.25, 0.3) is 0 Å². The van der Waals surface area contributed by atoms with Crippen molar-refractivity contribution in [3.63, 3.8) is 0 Å². The topological polar surface area (TPSA) is 94.0 Å². The van der Waals surface area contributed by atoms with E-state index in [2.05, 4.69) is 15.6 Å². The van der Waals surface area contributed by atoms with Gasteiger partial charge < -0.3 is 15.7 Å². The number of piperidine rings is 1. The summed E-state index contributed by atoms with van der Waals surface area (Å²) >= 11 is 7.24. The lowest BCUT2D eigenvalue weighted by Crippen LogP contribution is -2.50. The third-order valence-corrected chi connectivity index (χ3v) is 7.46. The lowest BCUT2D eigenvalue weighted by molar-refractivity contribution is 0.191. The second-order valence-electron chi connectivity index (χ2n) is 6.10. The molecule has 7 nitrogen and oxygen atoms in total. The Kier molecular flexibility index (Phi) is 10.8. The normalized spacial score (nSPS) is 18.0. The molecule has 0 aromatic carbocycles. The highest BCUT2D eigenvalue weighted by atomic mass is 127. The van der Waals surface area contributed by atoms with Gasteiger partial charge in [0.15, 0.2) is 5.96 Å². The van der Waals surface area contributed by atoms with Gasteiger partial charge in [-0.05, 0) is 38.8 Å². The summed E-state index contributed by atoms with van der Waals surface area (Å²) in [5.41, 5.74) is 0. The number of hydrogen-bond acceptors (Lipinski definition) is 5. The number of aliphatic hydroxyl groups is 1. The average Bonchev–Trinajstić information content (AvgIpc) is 3.06. The maximum absolute atomic E-state index is 11.9. The highest BCUT2D eigenvalue weighted by molar-refractivity contribution is 14.0. The molecule has 0 amide bonds. The summed E-state index contributed by atoms with van der Waals surface area (Å²) in [4.78, 5) is 5.24. The molecule has 1 aliphatic heterocycles. The van der Waals surface area contributed by atoms with Crippen molar-refractivity contribution >= 4 is 62.9 Å². The minimum Gasteiger partial charge on any atom is -0.386 e. The van der Waals surface area contributed by atoms with Crippen LogP contribution in [-0.4, -0.2) is 61.8 Å². The van der Waals surface area contributed by atoms with Crippen LogP contribution in [0.2, 0.25) is 4.34 Å².